The van der Waals surface area contributed by atoms with E-state index in [1.54, 1.807) is 12.1 Å². The van der Waals surface area contributed by atoms with Crippen LogP contribution in [0.15, 0.2) is 53.5 Å². The quantitative estimate of drug-likeness (QED) is 0.656. The first-order valence-corrected chi connectivity index (χ1v) is 7.49. The normalized spacial score (nSPS) is 11.3. The molecule has 2 aromatic carbocycles. The predicted molar refractivity (Wildman–Crippen MR) is 89.2 cm³/mol. The molecular weight excluding hydrogens is 277 g/mol. The summed E-state index contributed by atoms with van der Waals surface area (Å²) >= 11 is 0. The van der Waals surface area contributed by atoms with Gasteiger partial charge in [0.2, 0.25) is 0 Å². The summed E-state index contributed by atoms with van der Waals surface area (Å²) in [6.07, 6.45) is 0. The summed E-state index contributed by atoms with van der Waals surface area (Å²) < 4.78 is 12.9. The first kappa shape index (κ1) is 16.0. The van der Waals surface area contributed by atoms with Crippen LogP contribution < -0.4 is 10.6 Å². The molecule has 0 aliphatic carbocycles. The molecule has 2 aromatic rings. The first-order valence-electron chi connectivity index (χ1n) is 7.49. The Morgan fingerprint density at radius 2 is 1.59 bits per heavy atom. The van der Waals surface area contributed by atoms with Crippen molar-refractivity contribution < 1.29 is 4.39 Å². The molecule has 0 aromatic heterocycles. The smallest absolute Gasteiger partial charge is 0.191 e. The minimum absolute atomic E-state index is 0.225. The molecule has 0 heterocycles. The number of benzene rings is 2. The van der Waals surface area contributed by atoms with E-state index >= 15 is 0 Å². The standard InChI is InChI=1S/C18H22FN3/c1-3-20-18(21-12-15-6-4-14(2)5-7-15)22-13-16-8-10-17(19)11-9-16/h4-11H,3,12-13H2,1-2H3,(H2,20,21,22). The van der Waals surface area contributed by atoms with E-state index < -0.39 is 0 Å². The van der Waals surface area contributed by atoms with Gasteiger partial charge in [-0.2, -0.15) is 0 Å². The van der Waals surface area contributed by atoms with Crippen LogP contribution in [-0.4, -0.2) is 12.5 Å². The molecule has 0 atom stereocenters. The van der Waals surface area contributed by atoms with Crippen LogP contribution in [0.3, 0.4) is 0 Å². The first-order chi connectivity index (χ1) is 10.7. The van der Waals surface area contributed by atoms with Crippen molar-refractivity contribution in [2.75, 3.05) is 6.54 Å². The van der Waals surface area contributed by atoms with Crippen LogP contribution in [0.5, 0.6) is 0 Å². The van der Waals surface area contributed by atoms with Gasteiger partial charge in [-0.05, 0) is 37.1 Å². The minimum atomic E-state index is -0.225. The molecule has 2 rings (SSSR count). The summed E-state index contributed by atoms with van der Waals surface area (Å²) in [5.41, 5.74) is 3.44. The van der Waals surface area contributed by atoms with E-state index in [2.05, 4.69) is 46.8 Å². The predicted octanol–water partition coefficient (Wildman–Crippen LogP) is 3.39. The molecule has 116 valence electrons. The fraction of sp³-hybridized carbons (Fsp3) is 0.278. The molecule has 0 saturated heterocycles. The Balaban J connectivity index is 1.94. The third-order valence-electron chi connectivity index (χ3n) is 3.26. The van der Waals surface area contributed by atoms with E-state index in [-0.39, 0.29) is 5.82 Å². The van der Waals surface area contributed by atoms with E-state index in [0.717, 1.165) is 24.6 Å². The van der Waals surface area contributed by atoms with Gasteiger partial charge in [0.05, 0.1) is 6.54 Å². The van der Waals surface area contributed by atoms with Gasteiger partial charge in [0.25, 0.3) is 0 Å². The lowest BCUT2D eigenvalue weighted by Gasteiger charge is -2.11. The molecule has 0 radical (unpaired) electrons. The van der Waals surface area contributed by atoms with Gasteiger partial charge in [0.1, 0.15) is 5.82 Å². The number of aryl methyl sites for hydroxylation is 1. The van der Waals surface area contributed by atoms with Crippen LogP contribution in [0.2, 0.25) is 0 Å². The molecule has 4 heteroatoms. The lowest BCUT2D eigenvalue weighted by Crippen LogP contribution is -2.36. The number of nitrogens with one attached hydrogen (secondary N) is 2. The topological polar surface area (TPSA) is 36.4 Å². The summed E-state index contributed by atoms with van der Waals surface area (Å²) in [5, 5.41) is 6.51. The van der Waals surface area contributed by atoms with Crippen molar-refractivity contribution in [3.8, 4) is 0 Å². The number of halogens is 1. The number of hydrogen-bond acceptors (Lipinski definition) is 1. The highest BCUT2D eigenvalue weighted by Gasteiger charge is 1.99. The molecule has 0 aliphatic heterocycles. The summed E-state index contributed by atoms with van der Waals surface area (Å²) in [4.78, 5) is 4.52. The Kier molecular flexibility index (Phi) is 5.95. The van der Waals surface area contributed by atoms with E-state index in [4.69, 9.17) is 0 Å². The molecule has 0 saturated carbocycles. The van der Waals surface area contributed by atoms with Crippen molar-refractivity contribution in [1.82, 2.24) is 10.6 Å². The highest BCUT2D eigenvalue weighted by Crippen LogP contribution is 2.05. The summed E-state index contributed by atoms with van der Waals surface area (Å²) in [5.74, 6) is 0.532. The third-order valence-corrected chi connectivity index (χ3v) is 3.26. The van der Waals surface area contributed by atoms with Crippen LogP contribution in [-0.2, 0) is 13.1 Å². The van der Waals surface area contributed by atoms with Gasteiger partial charge in [0.15, 0.2) is 5.96 Å². The fourth-order valence-corrected chi connectivity index (χ4v) is 1.99. The van der Waals surface area contributed by atoms with Gasteiger partial charge in [0, 0.05) is 13.1 Å². The van der Waals surface area contributed by atoms with E-state index in [0.29, 0.717) is 6.54 Å². The lowest BCUT2D eigenvalue weighted by atomic mass is 10.1. The molecule has 0 spiro atoms. The van der Waals surface area contributed by atoms with Crippen LogP contribution in [0, 0.1) is 12.7 Å². The van der Waals surface area contributed by atoms with Crippen molar-refractivity contribution in [3.63, 3.8) is 0 Å². The molecule has 0 amide bonds. The molecule has 0 fully saturated rings. The maximum atomic E-state index is 12.9. The van der Waals surface area contributed by atoms with Crippen molar-refractivity contribution in [1.29, 1.82) is 0 Å². The Hall–Kier alpha value is -2.36. The molecule has 22 heavy (non-hydrogen) atoms. The molecule has 3 nitrogen and oxygen atoms in total. The molecule has 2 N–H and O–H groups in total. The number of nitrogens with zero attached hydrogens (tertiary/aromatic N) is 1. The van der Waals surface area contributed by atoms with E-state index in [1.165, 1.54) is 23.3 Å². The van der Waals surface area contributed by atoms with Crippen molar-refractivity contribution in [3.05, 3.63) is 71.0 Å². The van der Waals surface area contributed by atoms with E-state index in [1.807, 2.05) is 6.92 Å². The van der Waals surface area contributed by atoms with Crippen molar-refractivity contribution in [2.24, 2.45) is 4.99 Å². The molecule has 0 bridgehead atoms. The summed E-state index contributed by atoms with van der Waals surface area (Å²) in [6.45, 7) is 6.13. The molecule has 0 unspecified atom stereocenters. The Bertz CT molecular complexity index is 603. The van der Waals surface area contributed by atoms with Crippen molar-refractivity contribution in [2.45, 2.75) is 26.9 Å². The van der Waals surface area contributed by atoms with Crippen LogP contribution in [0.25, 0.3) is 0 Å². The fourth-order valence-electron chi connectivity index (χ4n) is 1.99. The second-order valence-electron chi connectivity index (χ2n) is 5.16. The number of rotatable bonds is 5. The summed E-state index contributed by atoms with van der Waals surface area (Å²) in [7, 11) is 0. The third kappa shape index (κ3) is 5.20. The summed E-state index contributed by atoms with van der Waals surface area (Å²) in [6, 6.07) is 14.8. The van der Waals surface area contributed by atoms with Gasteiger partial charge in [-0.25, -0.2) is 9.38 Å². The van der Waals surface area contributed by atoms with Crippen molar-refractivity contribution >= 4 is 5.96 Å². The second-order valence-corrected chi connectivity index (χ2v) is 5.16. The zero-order valence-electron chi connectivity index (χ0n) is 13.1. The van der Waals surface area contributed by atoms with Gasteiger partial charge in [-0.15, -0.1) is 0 Å². The van der Waals surface area contributed by atoms with Gasteiger partial charge in [-0.3, -0.25) is 0 Å². The van der Waals surface area contributed by atoms with E-state index in [9.17, 15) is 4.39 Å². The zero-order valence-corrected chi connectivity index (χ0v) is 13.1. The van der Waals surface area contributed by atoms with Crippen LogP contribution >= 0.6 is 0 Å². The number of guanidine groups is 1. The highest BCUT2D eigenvalue weighted by atomic mass is 19.1. The van der Waals surface area contributed by atoms with Gasteiger partial charge in [-0.1, -0.05) is 42.0 Å². The maximum Gasteiger partial charge on any atom is 0.191 e. The van der Waals surface area contributed by atoms with Gasteiger partial charge < -0.3 is 10.6 Å². The Labute approximate surface area is 131 Å². The second kappa shape index (κ2) is 8.17. The largest absolute Gasteiger partial charge is 0.357 e. The number of hydrogen-bond donors (Lipinski definition) is 2. The van der Waals surface area contributed by atoms with Crippen LogP contribution in [0.1, 0.15) is 23.6 Å². The average Bonchev–Trinajstić information content (AvgIpc) is 2.53. The monoisotopic (exact) mass is 299 g/mol. The SMILES string of the molecule is CCNC(=NCc1ccc(F)cc1)NCc1ccc(C)cc1. The molecule has 0 aliphatic rings. The molecular formula is C18H22FN3. The highest BCUT2D eigenvalue weighted by molar-refractivity contribution is 5.79. The zero-order chi connectivity index (χ0) is 15.8. The Morgan fingerprint density at radius 1 is 0.955 bits per heavy atom. The van der Waals surface area contributed by atoms with Gasteiger partial charge >= 0.3 is 0 Å². The lowest BCUT2D eigenvalue weighted by molar-refractivity contribution is 0.627. The number of aliphatic imine (C=N–C) groups is 1. The Morgan fingerprint density at radius 3 is 2.23 bits per heavy atom. The van der Waals surface area contributed by atoms with Crippen LogP contribution in [0.4, 0.5) is 4.39 Å². The maximum absolute atomic E-state index is 12.9. The minimum Gasteiger partial charge on any atom is -0.357 e. The average molecular weight is 299 g/mol.